The van der Waals surface area contributed by atoms with Gasteiger partial charge in [-0.05, 0) is 53.2 Å². The van der Waals surface area contributed by atoms with Crippen LogP contribution in [0.25, 0.3) is 0 Å². The summed E-state index contributed by atoms with van der Waals surface area (Å²) in [6.45, 7) is 1.46. The first-order chi connectivity index (χ1) is 9.52. The molecule has 0 unspecified atom stereocenters. The molecule has 0 spiro atoms. The first-order valence-electron chi connectivity index (χ1n) is 5.70. The number of hydrogen-bond donors (Lipinski definition) is 0. The second-order valence-electron chi connectivity index (χ2n) is 4.03. The number of nitriles is 1. The summed E-state index contributed by atoms with van der Waals surface area (Å²) in [5.74, 6) is -0.178. The van der Waals surface area contributed by atoms with Gasteiger partial charge in [-0.2, -0.15) is 5.26 Å². The largest absolute Gasteiger partial charge is 0.455 e. The van der Waals surface area contributed by atoms with Crippen LogP contribution in [-0.4, -0.2) is 5.78 Å². The topological polar surface area (TPSA) is 50.1 Å². The van der Waals surface area contributed by atoms with Gasteiger partial charge in [-0.3, -0.25) is 4.79 Å². The number of hydrogen-bond acceptors (Lipinski definition) is 3. The van der Waals surface area contributed by atoms with Crippen molar-refractivity contribution in [1.29, 1.82) is 5.26 Å². The fraction of sp³-hybridized carbons (Fsp3) is 0.0667. The fourth-order valence-corrected chi connectivity index (χ4v) is 2.08. The molecule has 0 saturated carbocycles. The number of carbonyl (C=O) groups excluding carboxylic acids is 1. The van der Waals surface area contributed by atoms with E-state index in [9.17, 15) is 9.18 Å². The maximum absolute atomic E-state index is 13.5. The molecule has 0 amide bonds. The maximum Gasteiger partial charge on any atom is 0.159 e. The molecule has 100 valence electrons. The summed E-state index contributed by atoms with van der Waals surface area (Å²) in [6, 6.07) is 10.7. The lowest BCUT2D eigenvalue weighted by molar-refractivity contribution is 0.101. The van der Waals surface area contributed by atoms with E-state index >= 15 is 0 Å². The van der Waals surface area contributed by atoms with E-state index in [2.05, 4.69) is 15.9 Å². The Morgan fingerprint density at radius 1 is 1.30 bits per heavy atom. The lowest BCUT2D eigenvalue weighted by atomic mass is 10.1. The number of carbonyl (C=O) groups is 1. The molecule has 0 atom stereocenters. The predicted octanol–water partition coefficient (Wildman–Crippen LogP) is 4.45. The molecule has 2 aromatic carbocycles. The van der Waals surface area contributed by atoms with Crippen LogP contribution >= 0.6 is 15.9 Å². The Morgan fingerprint density at radius 2 is 2.05 bits per heavy atom. The molecule has 3 nitrogen and oxygen atoms in total. The molecule has 0 N–H and O–H groups in total. The van der Waals surface area contributed by atoms with Crippen molar-refractivity contribution in [2.75, 3.05) is 0 Å². The van der Waals surface area contributed by atoms with Gasteiger partial charge in [0, 0.05) is 5.56 Å². The summed E-state index contributed by atoms with van der Waals surface area (Å²) in [4.78, 5) is 11.3. The molecule has 2 rings (SSSR count). The highest BCUT2D eigenvalue weighted by atomic mass is 79.9. The van der Waals surface area contributed by atoms with Gasteiger partial charge in [0.25, 0.3) is 0 Å². The third-order valence-corrected chi connectivity index (χ3v) is 3.27. The molecule has 0 aliphatic carbocycles. The second kappa shape index (κ2) is 5.85. The Morgan fingerprint density at radius 3 is 2.65 bits per heavy atom. The van der Waals surface area contributed by atoms with E-state index in [1.807, 2.05) is 0 Å². The minimum atomic E-state index is -0.638. The van der Waals surface area contributed by atoms with Crippen molar-refractivity contribution in [2.24, 2.45) is 0 Å². The second-order valence-corrected chi connectivity index (χ2v) is 4.88. The zero-order valence-electron chi connectivity index (χ0n) is 10.5. The van der Waals surface area contributed by atoms with Crippen LogP contribution in [0.5, 0.6) is 11.5 Å². The number of ether oxygens (including phenoxy) is 1. The van der Waals surface area contributed by atoms with Gasteiger partial charge in [0.2, 0.25) is 0 Å². The van der Waals surface area contributed by atoms with Gasteiger partial charge >= 0.3 is 0 Å². The summed E-state index contributed by atoms with van der Waals surface area (Å²) in [5.41, 5.74) is 0.374. The number of Topliss-reactive ketones (excluding diaryl/α,β-unsaturated/α-hetero) is 1. The molecule has 0 bridgehead atoms. The summed E-state index contributed by atoms with van der Waals surface area (Å²) < 4.78 is 19.5. The molecule has 0 radical (unpaired) electrons. The smallest absolute Gasteiger partial charge is 0.159 e. The Labute approximate surface area is 123 Å². The minimum Gasteiger partial charge on any atom is -0.455 e. The van der Waals surface area contributed by atoms with Crippen LogP contribution in [0.1, 0.15) is 22.8 Å². The summed E-state index contributed by atoms with van der Waals surface area (Å²) >= 11 is 3.28. The molecular weight excluding hydrogens is 325 g/mol. The Balaban J connectivity index is 2.39. The number of halogens is 2. The number of benzene rings is 2. The Bertz CT molecular complexity index is 722. The van der Waals surface area contributed by atoms with Crippen LogP contribution in [0.4, 0.5) is 4.39 Å². The van der Waals surface area contributed by atoms with Crippen molar-refractivity contribution in [2.45, 2.75) is 6.92 Å². The van der Waals surface area contributed by atoms with E-state index in [0.29, 0.717) is 15.8 Å². The highest BCUT2D eigenvalue weighted by molar-refractivity contribution is 9.10. The summed E-state index contributed by atoms with van der Waals surface area (Å²) in [5, 5.41) is 8.94. The van der Waals surface area contributed by atoms with Crippen LogP contribution in [-0.2, 0) is 0 Å². The predicted molar refractivity (Wildman–Crippen MR) is 75.3 cm³/mol. The highest BCUT2D eigenvalue weighted by Gasteiger charge is 2.12. The van der Waals surface area contributed by atoms with Crippen LogP contribution in [0, 0.1) is 17.1 Å². The van der Waals surface area contributed by atoms with Gasteiger partial charge in [-0.25, -0.2) is 4.39 Å². The zero-order valence-corrected chi connectivity index (χ0v) is 12.1. The molecule has 0 aliphatic heterocycles. The van der Waals surface area contributed by atoms with E-state index in [0.717, 1.165) is 0 Å². The van der Waals surface area contributed by atoms with E-state index in [1.54, 1.807) is 24.3 Å². The quantitative estimate of drug-likeness (QED) is 0.779. The van der Waals surface area contributed by atoms with Gasteiger partial charge in [0.15, 0.2) is 5.78 Å². The van der Waals surface area contributed by atoms with E-state index in [1.165, 1.54) is 25.1 Å². The molecular formula is C15H9BrFNO2. The van der Waals surface area contributed by atoms with E-state index in [4.69, 9.17) is 10.00 Å². The molecule has 0 fully saturated rings. The molecule has 20 heavy (non-hydrogen) atoms. The average Bonchev–Trinajstić information content (AvgIpc) is 2.41. The monoisotopic (exact) mass is 333 g/mol. The normalized spacial score (nSPS) is 9.90. The third-order valence-electron chi connectivity index (χ3n) is 2.65. The number of rotatable bonds is 3. The van der Waals surface area contributed by atoms with Crippen LogP contribution < -0.4 is 4.74 Å². The van der Waals surface area contributed by atoms with Crippen LogP contribution in [0.2, 0.25) is 0 Å². The van der Waals surface area contributed by atoms with Gasteiger partial charge < -0.3 is 4.74 Å². The highest BCUT2D eigenvalue weighted by Crippen LogP contribution is 2.32. The van der Waals surface area contributed by atoms with Crippen LogP contribution in [0.15, 0.2) is 40.9 Å². The Kier molecular flexibility index (Phi) is 4.16. The van der Waals surface area contributed by atoms with Crippen molar-refractivity contribution in [1.82, 2.24) is 0 Å². The first-order valence-corrected chi connectivity index (χ1v) is 6.49. The van der Waals surface area contributed by atoms with E-state index < -0.39 is 5.82 Å². The van der Waals surface area contributed by atoms with Crippen molar-refractivity contribution < 1.29 is 13.9 Å². The fourth-order valence-electron chi connectivity index (χ4n) is 1.62. The average molecular weight is 334 g/mol. The molecule has 2 aromatic rings. The lowest BCUT2D eigenvalue weighted by Crippen LogP contribution is -1.95. The molecule has 0 aromatic heterocycles. The standard InChI is InChI=1S/C15H9BrFNO2/c1-9(19)10-5-6-15(12(16)7-10)20-14-4-2-3-13(17)11(14)8-18/h2-7H,1H3. The number of nitrogens with zero attached hydrogens (tertiary/aromatic N) is 1. The van der Waals surface area contributed by atoms with Gasteiger partial charge in [-0.15, -0.1) is 0 Å². The van der Waals surface area contributed by atoms with Crippen molar-refractivity contribution in [3.05, 3.63) is 57.8 Å². The minimum absolute atomic E-state index is 0.0688. The third kappa shape index (κ3) is 2.86. The Hall–Kier alpha value is -2.19. The summed E-state index contributed by atoms with van der Waals surface area (Å²) in [7, 11) is 0. The van der Waals surface area contributed by atoms with Crippen molar-refractivity contribution in [3.8, 4) is 17.6 Å². The zero-order chi connectivity index (χ0) is 14.7. The van der Waals surface area contributed by atoms with Gasteiger partial charge in [0.1, 0.15) is 28.9 Å². The van der Waals surface area contributed by atoms with Gasteiger partial charge in [-0.1, -0.05) is 6.07 Å². The maximum atomic E-state index is 13.5. The molecule has 0 aliphatic rings. The number of ketones is 1. The first kappa shape index (κ1) is 14.2. The van der Waals surface area contributed by atoms with Crippen LogP contribution in [0.3, 0.4) is 0 Å². The van der Waals surface area contributed by atoms with Gasteiger partial charge in [0.05, 0.1) is 4.47 Å². The SMILES string of the molecule is CC(=O)c1ccc(Oc2cccc(F)c2C#N)c(Br)c1. The molecule has 0 heterocycles. The summed E-state index contributed by atoms with van der Waals surface area (Å²) in [6.07, 6.45) is 0. The lowest BCUT2D eigenvalue weighted by Gasteiger charge is -2.10. The van der Waals surface area contributed by atoms with E-state index in [-0.39, 0.29) is 17.1 Å². The van der Waals surface area contributed by atoms with Crippen molar-refractivity contribution >= 4 is 21.7 Å². The molecule has 5 heteroatoms. The molecule has 0 saturated heterocycles. The van der Waals surface area contributed by atoms with Crippen molar-refractivity contribution in [3.63, 3.8) is 0 Å².